The van der Waals surface area contributed by atoms with E-state index in [9.17, 15) is 9.59 Å². The van der Waals surface area contributed by atoms with Crippen molar-refractivity contribution in [3.05, 3.63) is 23.2 Å². The van der Waals surface area contributed by atoms with E-state index in [4.69, 9.17) is 9.52 Å². The van der Waals surface area contributed by atoms with Crippen molar-refractivity contribution in [2.75, 3.05) is 13.1 Å². The van der Waals surface area contributed by atoms with Crippen LogP contribution >= 0.6 is 11.8 Å². The van der Waals surface area contributed by atoms with Gasteiger partial charge in [0.1, 0.15) is 17.1 Å². The van der Waals surface area contributed by atoms with Crippen LogP contribution in [0.25, 0.3) is 0 Å². The summed E-state index contributed by atoms with van der Waals surface area (Å²) in [5.74, 6) is -0.223. The predicted octanol–water partition coefficient (Wildman–Crippen LogP) is 2.32. The highest BCUT2D eigenvalue weighted by Crippen LogP contribution is 2.24. The molecule has 2 atom stereocenters. The van der Waals surface area contributed by atoms with Gasteiger partial charge in [-0.3, -0.25) is 0 Å². The summed E-state index contributed by atoms with van der Waals surface area (Å²) in [6.07, 6.45) is 0. The van der Waals surface area contributed by atoms with Crippen LogP contribution in [0.1, 0.15) is 35.7 Å². The maximum Gasteiger partial charge on any atom is 0.339 e. The molecule has 0 bridgehead atoms. The molecule has 2 heterocycles. The number of aromatic carboxylic acids is 1. The molecule has 0 aromatic carbocycles. The molecule has 2 rings (SSSR count). The summed E-state index contributed by atoms with van der Waals surface area (Å²) in [7, 11) is 0. The number of carboxylic acids is 1. The number of thioether (sulfide) groups is 1. The number of furan rings is 1. The third-order valence-corrected chi connectivity index (χ3v) is 4.55. The Hall–Kier alpha value is -1.63. The van der Waals surface area contributed by atoms with Crippen LogP contribution in [0.15, 0.2) is 10.5 Å². The summed E-state index contributed by atoms with van der Waals surface area (Å²) >= 11 is 1.88. The van der Waals surface area contributed by atoms with E-state index in [1.54, 1.807) is 11.8 Å². The third kappa shape index (κ3) is 3.93. The molecule has 1 aliphatic rings. The number of amides is 2. The fraction of sp³-hybridized carbons (Fsp3) is 0.571. The fourth-order valence-electron chi connectivity index (χ4n) is 2.46. The lowest BCUT2D eigenvalue weighted by molar-refractivity contribution is 0.0695. The van der Waals surface area contributed by atoms with Gasteiger partial charge in [0.05, 0.1) is 6.54 Å². The Morgan fingerprint density at radius 1 is 1.43 bits per heavy atom. The molecule has 1 aromatic rings. The Balaban J connectivity index is 1.92. The molecule has 6 nitrogen and oxygen atoms in total. The van der Waals surface area contributed by atoms with Crippen molar-refractivity contribution in [2.45, 2.75) is 37.8 Å². The van der Waals surface area contributed by atoms with Gasteiger partial charge < -0.3 is 19.7 Å². The summed E-state index contributed by atoms with van der Waals surface area (Å²) in [6.45, 7) is 7.45. The van der Waals surface area contributed by atoms with E-state index in [0.717, 1.165) is 13.1 Å². The van der Waals surface area contributed by atoms with Crippen molar-refractivity contribution in [1.82, 2.24) is 10.2 Å². The maximum atomic E-state index is 12.1. The zero-order valence-corrected chi connectivity index (χ0v) is 13.2. The average Bonchev–Trinajstić information content (AvgIpc) is 2.76. The minimum atomic E-state index is -1.02. The molecule has 0 saturated carbocycles. The van der Waals surface area contributed by atoms with Gasteiger partial charge in [-0.1, -0.05) is 13.8 Å². The van der Waals surface area contributed by atoms with Crippen LogP contribution in [-0.2, 0) is 6.54 Å². The topological polar surface area (TPSA) is 82.8 Å². The van der Waals surface area contributed by atoms with Crippen LogP contribution in [-0.4, -0.2) is 45.6 Å². The summed E-state index contributed by atoms with van der Waals surface area (Å²) in [4.78, 5) is 24.9. The van der Waals surface area contributed by atoms with Crippen molar-refractivity contribution in [3.63, 3.8) is 0 Å². The number of hydrogen-bond donors (Lipinski definition) is 2. The molecule has 116 valence electrons. The minimum absolute atomic E-state index is 0.135. The van der Waals surface area contributed by atoms with E-state index in [1.165, 1.54) is 6.07 Å². The molecular weight excluding hydrogens is 292 g/mol. The molecule has 0 aliphatic carbocycles. The van der Waals surface area contributed by atoms with E-state index in [0.29, 0.717) is 22.0 Å². The molecule has 1 aromatic heterocycles. The maximum absolute atomic E-state index is 12.1. The standard InChI is InChI=1S/C14H20N2O4S/c1-8-6-16(7-9(2)21-8)14(19)15-5-11-4-12(13(17)18)10(3)20-11/h4,8-9H,5-7H2,1-3H3,(H,15,19)(H,17,18). The lowest BCUT2D eigenvalue weighted by Gasteiger charge is -2.34. The quantitative estimate of drug-likeness (QED) is 0.895. The highest BCUT2D eigenvalue weighted by Gasteiger charge is 2.25. The Labute approximate surface area is 127 Å². The van der Waals surface area contributed by atoms with Gasteiger partial charge in [0, 0.05) is 23.6 Å². The van der Waals surface area contributed by atoms with E-state index in [-0.39, 0.29) is 18.1 Å². The van der Waals surface area contributed by atoms with E-state index in [2.05, 4.69) is 19.2 Å². The molecule has 2 unspecified atom stereocenters. The van der Waals surface area contributed by atoms with Gasteiger partial charge in [-0.15, -0.1) is 0 Å². The summed E-state index contributed by atoms with van der Waals surface area (Å²) in [5, 5.41) is 12.6. The molecule has 1 aliphatic heterocycles. The Morgan fingerprint density at radius 3 is 2.57 bits per heavy atom. The fourth-order valence-corrected chi connectivity index (χ4v) is 3.79. The minimum Gasteiger partial charge on any atom is -0.478 e. The number of nitrogens with one attached hydrogen (secondary N) is 1. The van der Waals surface area contributed by atoms with Crippen LogP contribution in [0.4, 0.5) is 4.79 Å². The molecule has 0 radical (unpaired) electrons. The first-order valence-corrected chi connectivity index (χ1v) is 7.82. The monoisotopic (exact) mass is 312 g/mol. The molecule has 2 amide bonds. The summed E-state index contributed by atoms with van der Waals surface area (Å²) < 4.78 is 5.34. The molecule has 21 heavy (non-hydrogen) atoms. The second kappa shape index (κ2) is 6.43. The summed E-state index contributed by atoms with van der Waals surface area (Å²) in [6, 6.07) is 1.31. The second-order valence-corrected chi connectivity index (χ2v) is 7.19. The van der Waals surface area contributed by atoms with Gasteiger partial charge in [0.2, 0.25) is 0 Å². The number of rotatable bonds is 3. The normalized spacial score (nSPS) is 22.1. The smallest absolute Gasteiger partial charge is 0.339 e. The van der Waals surface area contributed by atoms with Gasteiger partial charge >= 0.3 is 12.0 Å². The first kappa shape index (κ1) is 15.8. The summed E-state index contributed by atoms with van der Waals surface area (Å²) in [5.41, 5.74) is 0.135. The van der Waals surface area contributed by atoms with Gasteiger partial charge in [-0.25, -0.2) is 9.59 Å². The molecule has 1 fully saturated rings. The second-order valence-electron chi connectivity index (χ2n) is 5.31. The van der Waals surface area contributed by atoms with E-state index < -0.39 is 5.97 Å². The first-order chi connectivity index (χ1) is 9.86. The van der Waals surface area contributed by atoms with E-state index in [1.807, 2.05) is 11.8 Å². The number of nitrogens with zero attached hydrogens (tertiary/aromatic N) is 1. The largest absolute Gasteiger partial charge is 0.478 e. The predicted molar refractivity (Wildman–Crippen MR) is 80.7 cm³/mol. The van der Waals surface area contributed by atoms with Crippen LogP contribution in [0.2, 0.25) is 0 Å². The number of carbonyl (C=O) groups is 2. The number of hydrogen-bond acceptors (Lipinski definition) is 4. The number of carbonyl (C=O) groups excluding carboxylic acids is 1. The van der Waals surface area contributed by atoms with Crippen molar-refractivity contribution in [3.8, 4) is 0 Å². The third-order valence-electron chi connectivity index (χ3n) is 3.32. The number of urea groups is 1. The molecule has 0 spiro atoms. The van der Waals surface area contributed by atoms with Crippen LogP contribution < -0.4 is 5.32 Å². The Morgan fingerprint density at radius 2 is 2.05 bits per heavy atom. The lowest BCUT2D eigenvalue weighted by atomic mass is 10.2. The number of aryl methyl sites for hydroxylation is 1. The van der Waals surface area contributed by atoms with Crippen LogP contribution in [0, 0.1) is 6.92 Å². The first-order valence-electron chi connectivity index (χ1n) is 6.87. The molecular formula is C14H20N2O4S. The van der Waals surface area contributed by atoms with Gasteiger partial charge in [0.25, 0.3) is 0 Å². The number of carboxylic acid groups (broad SMARTS) is 1. The Bertz CT molecular complexity index is 533. The molecule has 2 N–H and O–H groups in total. The van der Waals surface area contributed by atoms with Gasteiger partial charge in [-0.2, -0.15) is 11.8 Å². The van der Waals surface area contributed by atoms with Crippen LogP contribution in [0.3, 0.4) is 0 Å². The van der Waals surface area contributed by atoms with Gasteiger partial charge in [-0.05, 0) is 13.0 Å². The van der Waals surface area contributed by atoms with Crippen molar-refractivity contribution in [2.24, 2.45) is 0 Å². The van der Waals surface area contributed by atoms with Gasteiger partial charge in [0.15, 0.2) is 0 Å². The molecule has 7 heteroatoms. The SMILES string of the molecule is Cc1oc(CNC(=O)N2CC(C)SC(C)C2)cc1C(=O)O. The highest BCUT2D eigenvalue weighted by molar-refractivity contribution is 8.00. The van der Waals surface area contributed by atoms with Crippen molar-refractivity contribution in [1.29, 1.82) is 0 Å². The lowest BCUT2D eigenvalue weighted by Crippen LogP contribution is -2.48. The van der Waals surface area contributed by atoms with Crippen molar-refractivity contribution >= 4 is 23.8 Å². The zero-order chi connectivity index (χ0) is 15.6. The zero-order valence-electron chi connectivity index (χ0n) is 12.4. The highest BCUT2D eigenvalue weighted by atomic mass is 32.2. The Kier molecular flexibility index (Phi) is 4.82. The average molecular weight is 312 g/mol. The van der Waals surface area contributed by atoms with E-state index >= 15 is 0 Å². The van der Waals surface area contributed by atoms with Crippen molar-refractivity contribution < 1.29 is 19.1 Å². The molecule has 1 saturated heterocycles. The van der Waals surface area contributed by atoms with Crippen LogP contribution in [0.5, 0.6) is 0 Å².